The van der Waals surface area contributed by atoms with Gasteiger partial charge >= 0.3 is 5.97 Å². The van der Waals surface area contributed by atoms with Crippen LogP contribution in [-0.4, -0.2) is 48.4 Å². The van der Waals surface area contributed by atoms with Gasteiger partial charge in [-0.2, -0.15) is 0 Å². The Bertz CT molecular complexity index is 810. The monoisotopic (exact) mass is 471 g/mol. The molecular formula is C19H22BrNO6S. The van der Waals surface area contributed by atoms with Crippen LogP contribution in [-0.2, 0) is 14.3 Å². The van der Waals surface area contributed by atoms with Crippen LogP contribution in [0.15, 0.2) is 21.5 Å². The molecule has 0 spiro atoms. The maximum atomic E-state index is 12.5. The van der Waals surface area contributed by atoms with E-state index in [2.05, 4.69) is 15.9 Å². The first-order valence-electron chi connectivity index (χ1n) is 8.75. The van der Waals surface area contributed by atoms with Crippen molar-refractivity contribution < 1.29 is 28.6 Å². The lowest BCUT2D eigenvalue weighted by Gasteiger charge is -2.17. The van der Waals surface area contributed by atoms with Gasteiger partial charge in [0.15, 0.2) is 11.5 Å². The molecule has 1 heterocycles. The molecule has 0 unspecified atom stereocenters. The van der Waals surface area contributed by atoms with Crippen molar-refractivity contribution in [2.75, 3.05) is 20.3 Å². The van der Waals surface area contributed by atoms with E-state index in [4.69, 9.17) is 14.2 Å². The number of halogens is 1. The number of rotatable bonds is 8. The van der Waals surface area contributed by atoms with Crippen molar-refractivity contribution in [3.8, 4) is 11.5 Å². The SMILES string of the molecule is CCOC(=O)CN1C(=O)S/C(=C/c2cc(Br)c(O[C@H](C)CC)c(OC)c2)C1=O. The second-order valence-corrected chi connectivity index (χ2v) is 7.79. The Hall–Kier alpha value is -2.00. The minimum atomic E-state index is -0.623. The average molecular weight is 472 g/mol. The Morgan fingerprint density at radius 2 is 2.04 bits per heavy atom. The number of imide groups is 1. The maximum absolute atomic E-state index is 12.5. The third-order valence-corrected chi connectivity index (χ3v) is 5.41. The van der Waals surface area contributed by atoms with Crippen LogP contribution < -0.4 is 9.47 Å². The molecule has 1 fully saturated rings. The second kappa shape index (κ2) is 9.97. The molecule has 1 aromatic rings. The normalized spacial score (nSPS) is 16.5. The summed E-state index contributed by atoms with van der Waals surface area (Å²) in [4.78, 5) is 37.3. The summed E-state index contributed by atoms with van der Waals surface area (Å²) in [5.41, 5.74) is 0.655. The molecule has 1 aromatic carbocycles. The molecule has 1 aliphatic heterocycles. The summed E-state index contributed by atoms with van der Waals surface area (Å²) < 4.78 is 16.8. The number of carbonyl (C=O) groups is 3. The number of benzene rings is 1. The van der Waals surface area contributed by atoms with Crippen LogP contribution in [0.1, 0.15) is 32.8 Å². The summed E-state index contributed by atoms with van der Waals surface area (Å²) in [6.07, 6.45) is 2.43. The van der Waals surface area contributed by atoms with Gasteiger partial charge in [-0.3, -0.25) is 19.3 Å². The second-order valence-electron chi connectivity index (χ2n) is 5.94. The Balaban J connectivity index is 2.27. The number of thioether (sulfide) groups is 1. The van der Waals surface area contributed by atoms with Gasteiger partial charge in [-0.1, -0.05) is 6.92 Å². The molecule has 2 amide bonds. The molecule has 0 radical (unpaired) electrons. The van der Waals surface area contributed by atoms with Crippen molar-refractivity contribution in [1.29, 1.82) is 0 Å². The largest absolute Gasteiger partial charge is 0.493 e. The highest BCUT2D eigenvalue weighted by Gasteiger charge is 2.36. The van der Waals surface area contributed by atoms with Crippen molar-refractivity contribution >= 4 is 50.9 Å². The summed E-state index contributed by atoms with van der Waals surface area (Å²) >= 11 is 4.25. The fourth-order valence-corrected chi connectivity index (χ4v) is 3.74. The number of amides is 2. The number of esters is 1. The van der Waals surface area contributed by atoms with Crippen LogP contribution in [0.2, 0.25) is 0 Å². The molecular weight excluding hydrogens is 450 g/mol. The molecule has 2 rings (SSSR count). The van der Waals surface area contributed by atoms with Crippen molar-refractivity contribution in [3.63, 3.8) is 0 Å². The Kier molecular flexibility index (Phi) is 7.94. The third kappa shape index (κ3) is 5.29. The van der Waals surface area contributed by atoms with E-state index in [-0.39, 0.29) is 17.6 Å². The van der Waals surface area contributed by atoms with Crippen LogP contribution in [0.4, 0.5) is 4.79 Å². The minimum Gasteiger partial charge on any atom is -0.493 e. The van der Waals surface area contributed by atoms with Gasteiger partial charge in [0.25, 0.3) is 11.1 Å². The molecule has 152 valence electrons. The molecule has 0 N–H and O–H groups in total. The van der Waals surface area contributed by atoms with Crippen molar-refractivity contribution in [2.24, 2.45) is 0 Å². The smallest absolute Gasteiger partial charge is 0.326 e. The molecule has 1 aliphatic rings. The van der Waals surface area contributed by atoms with Crippen LogP contribution in [0.3, 0.4) is 0 Å². The van der Waals surface area contributed by atoms with E-state index in [1.165, 1.54) is 7.11 Å². The lowest BCUT2D eigenvalue weighted by Crippen LogP contribution is -2.34. The van der Waals surface area contributed by atoms with Gasteiger partial charge < -0.3 is 14.2 Å². The van der Waals surface area contributed by atoms with Gasteiger partial charge in [0.1, 0.15) is 6.54 Å². The molecule has 1 saturated heterocycles. The van der Waals surface area contributed by atoms with Crippen LogP contribution in [0.5, 0.6) is 11.5 Å². The van der Waals surface area contributed by atoms with E-state index in [0.717, 1.165) is 23.1 Å². The van der Waals surface area contributed by atoms with Gasteiger partial charge in [-0.15, -0.1) is 0 Å². The maximum Gasteiger partial charge on any atom is 0.326 e. The molecule has 7 nitrogen and oxygen atoms in total. The Morgan fingerprint density at radius 1 is 1.32 bits per heavy atom. The number of ether oxygens (including phenoxy) is 3. The quantitative estimate of drug-likeness (QED) is 0.414. The predicted molar refractivity (Wildman–Crippen MR) is 110 cm³/mol. The van der Waals surface area contributed by atoms with E-state index in [1.54, 1.807) is 25.1 Å². The zero-order valence-corrected chi connectivity index (χ0v) is 18.5. The number of methoxy groups -OCH3 is 1. The highest BCUT2D eigenvalue weighted by molar-refractivity contribution is 9.10. The summed E-state index contributed by atoms with van der Waals surface area (Å²) in [5.74, 6) is -0.0730. The molecule has 0 aliphatic carbocycles. The number of hydrogen-bond donors (Lipinski definition) is 0. The Morgan fingerprint density at radius 3 is 2.64 bits per heavy atom. The fraction of sp³-hybridized carbons (Fsp3) is 0.421. The standard InChI is InChI=1S/C19H22BrNO6S/c1-5-11(3)27-17-13(20)7-12(8-14(17)25-4)9-15-18(23)21(19(24)28-15)10-16(22)26-6-2/h7-9,11H,5-6,10H2,1-4H3/b15-9+/t11-/m1/s1. The highest BCUT2D eigenvalue weighted by Crippen LogP contribution is 2.39. The van der Waals surface area contributed by atoms with E-state index in [9.17, 15) is 14.4 Å². The molecule has 0 saturated carbocycles. The molecule has 9 heteroatoms. The number of hydrogen-bond acceptors (Lipinski definition) is 7. The van der Waals surface area contributed by atoms with Crippen molar-refractivity contribution in [2.45, 2.75) is 33.3 Å². The fourth-order valence-electron chi connectivity index (χ4n) is 2.35. The first-order chi connectivity index (χ1) is 13.3. The first kappa shape index (κ1) is 22.3. The average Bonchev–Trinajstić information content (AvgIpc) is 2.91. The zero-order valence-electron chi connectivity index (χ0n) is 16.1. The summed E-state index contributed by atoms with van der Waals surface area (Å²) in [5, 5.41) is -0.507. The van der Waals surface area contributed by atoms with E-state index in [1.807, 2.05) is 13.8 Å². The first-order valence-corrected chi connectivity index (χ1v) is 10.4. The molecule has 1 atom stereocenters. The van der Waals surface area contributed by atoms with Gasteiger partial charge in [0.2, 0.25) is 0 Å². The predicted octanol–water partition coefficient (Wildman–Crippen LogP) is 4.23. The van der Waals surface area contributed by atoms with E-state index in [0.29, 0.717) is 21.5 Å². The molecule has 0 aromatic heterocycles. The lowest BCUT2D eigenvalue weighted by molar-refractivity contribution is -0.145. The molecule has 28 heavy (non-hydrogen) atoms. The van der Waals surface area contributed by atoms with Gasteiger partial charge in [0, 0.05) is 0 Å². The van der Waals surface area contributed by atoms with Crippen LogP contribution in [0, 0.1) is 0 Å². The summed E-state index contributed by atoms with van der Waals surface area (Å²) in [6.45, 7) is 5.42. The Labute approximate surface area is 176 Å². The number of nitrogens with zero attached hydrogens (tertiary/aromatic N) is 1. The zero-order chi connectivity index (χ0) is 20.8. The topological polar surface area (TPSA) is 82.1 Å². The minimum absolute atomic E-state index is 0.00965. The summed E-state index contributed by atoms with van der Waals surface area (Å²) in [6, 6.07) is 3.50. The lowest BCUT2D eigenvalue weighted by atomic mass is 10.1. The van der Waals surface area contributed by atoms with Crippen molar-refractivity contribution in [1.82, 2.24) is 4.90 Å². The highest BCUT2D eigenvalue weighted by atomic mass is 79.9. The number of carbonyl (C=O) groups excluding carboxylic acids is 3. The van der Waals surface area contributed by atoms with E-state index >= 15 is 0 Å². The van der Waals surface area contributed by atoms with Crippen LogP contribution >= 0.6 is 27.7 Å². The van der Waals surface area contributed by atoms with Crippen LogP contribution in [0.25, 0.3) is 6.08 Å². The van der Waals surface area contributed by atoms with Gasteiger partial charge in [-0.05, 0) is 71.7 Å². The third-order valence-electron chi connectivity index (χ3n) is 3.91. The van der Waals surface area contributed by atoms with Crippen molar-refractivity contribution in [3.05, 3.63) is 27.1 Å². The molecule has 0 bridgehead atoms. The van der Waals surface area contributed by atoms with Gasteiger partial charge in [-0.25, -0.2) is 0 Å². The van der Waals surface area contributed by atoms with E-state index < -0.39 is 23.7 Å². The van der Waals surface area contributed by atoms with Gasteiger partial charge in [0.05, 0.1) is 29.2 Å². The summed E-state index contributed by atoms with van der Waals surface area (Å²) in [7, 11) is 1.53.